The molecule has 46 heavy (non-hydrogen) atoms. The number of aryl methyl sites for hydroxylation is 1. The number of halogens is 1. The lowest BCUT2D eigenvalue weighted by Crippen LogP contribution is -2.41. The molecule has 5 N–H and O–H groups in total. The van der Waals surface area contributed by atoms with Gasteiger partial charge in [-0.3, -0.25) is 14.6 Å². The Morgan fingerprint density at radius 1 is 1.00 bits per heavy atom. The number of para-hydroxylation sites is 1. The molecule has 2 unspecified atom stereocenters. The van der Waals surface area contributed by atoms with Crippen LogP contribution in [0.1, 0.15) is 23.6 Å². The first-order valence-corrected chi connectivity index (χ1v) is 14.5. The maximum Gasteiger partial charge on any atom is 0.293 e. The third-order valence-electron chi connectivity index (χ3n) is 7.45. The fraction of sp³-hybridized carbons (Fsp3) is 0.312. The molecule has 3 aromatic rings. The summed E-state index contributed by atoms with van der Waals surface area (Å²) >= 11 is 6.15. The number of hydrogen-bond acceptors (Lipinski definition) is 12. The van der Waals surface area contributed by atoms with Crippen molar-refractivity contribution in [3.63, 3.8) is 0 Å². The second-order valence-electron chi connectivity index (χ2n) is 10.1. The summed E-state index contributed by atoms with van der Waals surface area (Å²) in [7, 11) is 6.28. The van der Waals surface area contributed by atoms with Crippen LogP contribution in [0.2, 0.25) is 5.02 Å². The number of rotatable bonds is 11. The number of nitrogens with zero attached hydrogens (tertiary/aromatic N) is 1. The van der Waals surface area contributed by atoms with Gasteiger partial charge in [0.2, 0.25) is 12.5 Å². The molecule has 14 heteroatoms. The molecule has 3 aromatic carbocycles. The number of carbonyl (C=O) groups is 2. The van der Waals surface area contributed by atoms with Crippen LogP contribution in [0, 0.1) is 5.92 Å². The number of nitrogens with two attached hydrogens (primary N) is 2. The topological polar surface area (TPSA) is 166 Å². The Morgan fingerprint density at radius 3 is 2.28 bits per heavy atom. The van der Waals surface area contributed by atoms with E-state index < -0.39 is 11.9 Å². The number of amides is 1. The molecule has 2 atom stereocenters. The van der Waals surface area contributed by atoms with E-state index in [1.165, 1.54) is 18.3 Å². The van der Waals surface area contributed by atoms with E-state index in [4.69, 9.17) is 56.3 Å². The molecule has 2 aliphatic rings. The third-order valence-corrected chi connectivity index (χ3v) is 7.75. The molecule has 0 bridgehead atoms. The van der Waals surface area contributed by atoms with Crippen LogP contribution in [0.15, 0.2) is 60.4 Å². The number of benzene rings is 3. The van der Waals surface area contributed by atoms with Crippen molar-refractivity contribution in [1.29, 1.82) is 0 Å². The van der Waals surface area contributed by atoms with E-state index in [1.54, 1.807) is 39.5 Å². The molecule has 0 fully saturated rings. The Balaban J connectivity index is 0.000000337. The second-order valence-corrected chi connectivity index (χ2v) is 10.5. The van der Waals surface area contributed by atoms with Crippen LogP contribution in [0.5, 0.6) is 34.5 Å². The van der Waals surface area contributed by atoms with Gasteiger partial charge in [-0.15, -0.1) is 0 Å². The average Bonchev–Trinajstić information content (AvgIpc) is 3.54. The number of carbonyl (C=O) groups excluding carboxylic acids is 2. The number of ether oxygens (including phenoxy) is 7. The monoisotopic (exact) mass is 656 g/mol. The van der Waals surface area contributed by atoms with E-state index >= 15 is 0 Å². The number of hydrazine groups is 1. The van der Waals surface area contributed by atoms with E-state index in [9.17, 15) is 9.59 Å². The fourth-order valence-electron chi connectivity index (χ4n) is 5.15. The first-order valence-electron chi connectivity index (χ1n) is 14.1. The highest BCUT2D eigenvalue weighted by molar-refractivity contribution is 6.32. The number of fused-ring (bicyclic) bond motifs is 2. The van der Waals surface area contributed by atoms with E-state index in [-0.39, 0.29) is 25.0 Å². The molecule has 0 saturated carbocycles. The largest absolute Gasteiger partial charge is 0.495 e. The SMILES string of the molecule is COc1ccc(N(N)/C=C(\N)C(=O)NC2c3cc4c(cc3CCC2COC=O)OCO4)cc1Cl.COc1cccc(OC)c1OC. The summed E-state index contributed by atoms with van der Waals surface area (Å²) in [6, 6.07) is 13.7. The lowest BCUT2D eigenvalue weighted by molar-refractivity contribution is -0.130. The standard InChI is InChI=1S/C23H25ClN4O6.C9H12O3/c1-31-19-5-4-15(7-17(19)24)28(26)9-18(25)23(30)27-22-14(10-32-11-29)3-2-13-6-20-21(8-16(13)22)34-12-33-20;1-10-7-5-4-6-8(11-2)9(7)12-3/h4-9,11,14,22H,2-3,10,12,25-26H2,1H3,(H,27,30);4-6H,1-3H3/b18-9-;. The molecular formula is C32H37ClN4O9. The van der Waals surface area contributed by atoms with Gasteiger partial charge in [-0.05, 0) is 66.4 Å². The van der Waals surface area contributed by atoms with E-state index in [0.29, 0.717) is 58.1 Å². The summed E-state index contributed by atoms with van der Waals surface area (Å²) in [5.74, 6) is 9.14. The van der Waals surface area contributed by atoms with Crippen LogP contribution >= 0.6 is 11.6 Å². The summed E-state index contributed by atoms with van der Waals surface area (Å²) in [5.41, 5.74) is 8.34. The highest BCUT2D eigenvalue weighted by atomic mass is 35.5. The fourth-order valence-corrected chi connectivity index (χ4v) is 5.40. The van der Waals surface area contributed by atoms with E-state index in [2.05, 4.69) is 5.32 Å². The molecule has 0 saturated heterocycles. The van der Waals surface area contributed by atoms with Gasteiger partial charge in [-0.25, -0.2) is 5.84 Å². The first kappa shape index (κ1) is 33.9. The predicted octanol–water partition coefficient (Wildman–Crippen LogP) is 3.86. The van der Waals surface area contributed by atoms with E-state index in [0.717, 1.165) is 17.5 Å². The Hall–Kier alpha value is -5.01. The first-order chi connectivity index (χ1) is 22.2. The molecule has 13 nitrogen and oxygen atoms in total. The molecule has 0 radical (unpaired) electrons. The third kappa shape index (κ3) is 7.79. The quantitative estimate of drug-likeness (QED) is 0.118. The van der Waals surface area contributed by atoms with Crippen LogP contribution < -0.4 is 50.3 Å². The van der Waals surface area contributed by atoms with Crippen LogP contribution in [-0.4, -0.2) is 54.2 Å². The number of methoxy groups -OCH3 is 4. The molecule has 0 spiro atoms. The maximum atomic E-state index is 13.0. The normalized spacial score (nSPS) is 16.2. The molecule has 1 heterocycles. The minimum Gasteiger partial charge on any atom is -0.495 e. The zero-order chi connectivity index (χ0) is 33.2. The van der Waals surface area contributed by atoms with Crippen molar-refractivity contribution in [2.45, 2.75) is 18.9 Å². The number of anilines is 1. The van der Waals surface area contributed by atoms with Crippen LogP contribution in [0.25, 0.3) is 0 Å². The highest BCUT2D eigenvalue weighted by Crippen LogP contribution is 2.43. The molecule has 1 aliphatic carbocycles. The molecule has 1 amide bonds. The van der Waals surface area contributed by atoms with Gasteiger partial charge in [0.15, 0.2) is 23.0 Å². The Morgan fingerprint density at radius 2 is 1.67 bits per heavy atom. The van der Waals surface area contributed by atoms with Crippen LogP contribution in [0.4, 0.5) is 5.69 Å². The van der Waals surface area contributed by atoms with Gasteiger partial charge in [0.25, 0.3) is 12.4 Å². The van der Waals surface area contributed by atoms with E-state index in [1.807, 2.05) is 30.3 Å². The zero-order valence-corrected chi connectivity index (χ0v) is 26.7. The van der Waals surface area contributed by atoms with Crippen molar-refractivity contribution in [2.75, 3.05) is 46.8 Å². The van der Waals surface area contributed by atoms with Gasteiger partial charge < -0.3 is 44.2 Å². The minimum atomic E-state index is -0.526. The summed E-state index contributed by atoms with van der Waals surface area (Å²) in [5, 5.41) is 4.52. The number of nitrogens with one attached hydrogen (secondary N) is 1. The van der Waals surface area contributed by atoms with Crippen molar-refractivity contribution < 1.29 is 42.7 Å². The number of hydrogen-bond donors (Lipinski definition) is 3. The van der Waals surface area contributed by atoms with Crippen molar-refractivity contribution in [2.24, 2.45) is 17.5 Å². The average molecular weight is 657 g/mol. The van der Waals surface area contributed by atoms with Gasteiger partial charge in [0.05, 0.1) is 51.8 Å². The summed E-state index contributed by atoms with van der Waals surface area (Å²) in [6.07, 6.45) is 2.74. The molecular weight excluding hydrogens is 620 g/mol. The minimum absolute atomic E-state index is 0.114. The molecule has 1 aliphatic heterocycles. The van der Waals surface area contributed by atoms with Gasteiger partial charge in [-0.2, -0.15) is 0 Å². The maximum absolute atomic E-state index is 13.0. The molecule has 5 rings (SSSR count). The highest BCUT2D eigenvalue weighted by Gasteiger charge is 2.34. The lowest BCUT2D eigenvalue weighted by atomic mass is 9.79. The van der Waals surface area contributed by atoms with Gasteiger partial charge in [-0.1, -0.05) is 17.7 Å². The smallest absolute Gasteiger partial charge is 0.293 e. The van der Waals surface area contributed by atoms with Crippen molar-refractivity contribution in [1.82, 2.24) is 5.32 Å². The van der Waals surface area contributed by atoms with Crippen molar-refractivity contribution in [3.05, 3.63) is 76.6 Å². The Bertz CT molecular complexity index is 1550. The summed E-state index contributed by atoms with van der Waals surface area (Å²) in [6.45, 7) is 0.693. The summed E-state index contributed by atoms with van der Waals surface area (Å²) < 4.78 is 36.4. The van der Waals surface area contributed by atoms with Gasteiger partial charge >= 0.3 is 0 Å². The Kier molecular flexibility index (Phi) is 11.7. The molecule has 0 aromatic heterocycles. The van der Waals surface area contributed by atoms with Crippen LogP contribution in [0.3, 0.4) is 0 Å². The molecule has 246 valence electrons. The zero-order valence-electron chi connectivity index (χ0n) is 25.9. The summed E-state index contributed by atoms with van der Waals surface area (Å²) in [4.78, 5) is 23.8. The van der Waals surface area contributed by atoms with Gasteiger partial charge in [0, 0.05) is 12.1 Å². The van der Waals surface area contributed by atoms with Crippen molar-refractivity contribution in [3.8, 4) is 34.5 Å². The second kappa shape index (κ2) is 15.8. The Labute approximate surface area is 271 Å². The van der Waals surface area contributed by atoms with Crippen LogP contribution in [-0.2, 0) is 20.7 Å². The predicted molar refractivity (Wildman–Crippen MR) is 170 cm³/mol. The lowest BCUT2D eigenvalue weighted by Gasteiger charge is -2.34. The van der Waals surface area contributed by atoms with Gasteiger partial charge in [0.1, 0.15) is 11.4 Å². The van der Waals surface area contributed by atoms with Crippen molar-refractivity contribution >= 4 is 29.7 Å².